The van der Waals surface area contributed by atoms with Crippen molar-refractivity contribution in [3.05, 3.63) is 17.5 Å². The Balaban J connectivity index is 2.34. The van der Waals surface area contributed by atoms with Crippen LogP contribution in [-0.2, 0) is 16.8 Å². The minimum atomic E-state index is -3.43. The van der Waals surface area contributed by atoms with Crippen LogP contribution in [0, 0.1) is 6.92 Å². The third-order valence-corrected chi connectivity index (χ3v) is 4.56. The van der Waals surface area contributed by atoms with Gasteiger partial charge < -0.3 is 5.32 Å². The predicted molar refractivity (Wildman–Crippen MR) is 79.5 cm³/mol. The number of aromatic nitrogens is 2. The van der Waals surface area contributed by atoms with Gasteiger partial charge in [-0.2, -0.15) is 22.5 Å². The summed E-state index contributed by atoms with van der Waals surface area (Å²) in [6, 6.07) is 0. The average molecular weight is 303 g/mol. The molecule has 0 aliphatic heterocycles. The summed E-state index contributed by atoms with van der Waals surface area (Å²) in [5, 5.41) is 9.89. The fourth-order valence-electron chi connectivity index (χ4n) is 1.68. The molecule has 1 aromatic heterocycles. The fraction of sp³-hybridized carbons (Fsp3) is 0.750. The first-order valence-corrected chi connectivity index (χ1v) is 8.32. The number of nitrogens with one attached hydrogen (secondary N) is 3. The van der Waals surface area contributed by atoms with Crippen molar-refractivity contribution in [1.29, 1.82) is 0 Å². The van der Waals surface area contributed by atoms with E-state index in [1.165, 1.54) is 4.31 Å². The highest BCUT2D eigenvalue weighted by Crippen LogP contribution is 2.04. The van der Waals surface area contributed by atoms with Crippen LogP contribution in [0.15, 0.2) is 6.20 Å². The minimum absolute atomic E-state index is 0.253. The van der Waals surface area contributed by atoms with E-state index in [1.54, 1.807) is 13.2 Å². The summed E-state index contributed by atoms with van der Waals surface area (Å²) in [6.07, 6.45) is 3.51. The highest BCUT2D eigenvalue weighted by molar-refractivity contribution is 7.87. The van der Waals surface area contributed by atoms with Crippen LogP contribution in [-0.4, -0.2) is 49.6 Å². The van der Waals surface area contributed by atoms with E-state index in [-0.39, 0.29) is 6.54 Å². The van der Waals surface area contributed by atoms with Crippen molar-refractivity contribution in [2.75, 3.05) is 26.7 Å². The third kappa shape index (κ3) is 5.58. The molecule has 0 radical (unpaired) electrons. The zero-order valence-electron chi connectivity index (χ0n) is 12.4. The van der Waals surface area contributed by atoms with Crippen molar-refractivity contribution < 1.29 is 8.42 Å². The molecule has 0 amide bonds. The summed E-state index contributed by atoms with van der Waals surface area (Å²) in [4.78, 5) is 0. The normalized spacial score (nSPS) is 12.2. The molecular weight excluding hydrogens is 278 g/mol. The van der Waals surface area contributed by atoms with Crippen LogP contribution in [0.25, 0.3) is 0 Å². The molecule has 0 aliphatic carbocycles. The minimum Gasteiger partial charge on any atom is -0.317 e. The van der Waals surface area contributed by atoms with E-state index in [4.69, 9.17) is 0 Å². The quantitative estimate of drug-likeness (QED) is 0.545. The van der Waals surface area contributed by atoms with Crippen molar-refractivity contribution in [3.8, 4) is 0 Å². The first-order valence-electron chi connectivity index (χ1n) is 6.88. The van der Waals surface area contributed by atoms with E-state index in [0.29, 0.717) is 6.54 Å². The molecule has 8 heteroatoms. The summed E-state index contributed by atoms with van der Waals surface area (Å²) in [5.74, 6) is 0. The van der Waals surface area contributed by atoms with E-state index in [1.807, 2.05) is 6.92 Å². The van der Waals surface area contributed by atoms with Gasteiger partial charge in [0.1, 0.15) is 0 Å². The first kappa shape index (κ1) is 17.1. The molecule has 1 rings (SSSR count). The predicted octanol–water partition coefficient (Wildman–Crippen LogP) is 0.374. The maximum atomic E-state index is 12.0. The van der Waals surface area contributed by atoms with Crippen LogP contribution >= 0.6 is 0 Å². The molecule has 3 N–H and O–H groups in total. The van der Waals surface area contributed by atoms with E-state index >= 15 is 0 Å². The van der Waals surface area contributed by atoms with Crippen LogP contribution in [0.2, 0.25) is 0 Å². The molecule has 116 valence electrons. The highest BCUT2D eigenvalue weighted by atomic mass is 32.2. The van der Waals surface area contributed by atoms with Gasteiger partial charge in [0, 0.05) is 31.4 Å². The SMILES string of the molecule is CCCNCCCN(C)S(=O)(=O)NCc1cn[nH]c1C. The molecule has 7 nitrogen and oxygen atoms in total. The monoisotopic (exact) mass is 303 g/mol. The maximum absolute atomic E-state index is 12.0. The number of aryl methyl sites for hydroxylation is 1. The van der Waals surface area contributed by atoms with Gasteiger partial charge in [-0.25, -0.2) is 0 Å². The van der Waals surface area contributed by atoms with Crippen molar-refractivity contribution >= 4 is 10.2 Å². The Kier molecular flexibility index (Phi) is 7.14. The van der Waals surface area contributed by atoms with E-state index in [2.05, 4.69) is 27.2 Å². The molecule has 0 spiro atoms. The van der Waals surface area contributed by atoms with Crippen molar-refractivity contribution in [3.63, 3.8) is 0 Å². The molecule has 0 bridgehead atoms. The standard InChI is InChI=1S/C12H25N5O2S/c1-4-6-13-7-5-8-17(3)20(18,19)15-10-12-9-14-16-11(12)2/h9,13,15H,4-8,10H2,1-3H3,(H,14,16). The molecule has 0 aliphatic rings. The van der Waals surface area contributed by atoms with Crippen LogP contribution in [0.5, 0.6) is 0 Å². The van der Waals surface area contributed by atoms with Crippen molar-refractivity contribution in [1.82, 2.24) is 24.5 Å². The Hall–Kier alpha value is -0.960. The number of rotatable bonds is 10. The van der Waals surface area contributed by atoms with Crippen molar-refractivity contribution in [2.24, 2.45) is 0 Å². The molecular formula is C12H25N5O2S. The Morgan fingerprint density at radius 2 is 2.15 bits per heavy atom. The van der Waals surface area contributed by atoms with Gasteiger partial charge in [0.05, 0.1) is 6.20 Å². The maximum Gasteiger partial charge on any atom is 0.279 e. The van der Waals surface area contributed by atoms with Crippen LogP contribution in [0.1, 0.15) is 31.0 Å². The molecule has 1 heterocycles. The van der Waals surface area contributed by atoms with Gasteiger partial charge in [-0.05, 0) is 32.9 Å². The van der Waals surface area contributed by atoms with Gasteiger partial charge in [0.25, 0.3) is 10.2 Å². The molecule has 0 unspecified atom stereocenters. The summed E-state index contributed by atoms with van der Waals surface area (Å²) >= 11 is 0. The lowest BCUT2D eigenvalue weighted by molar-refractivity contribution is 0.444. The molecule has 20 heavy (non-hydrogen) atoms. The van der Waals surface area contributed by atoms with Crippen LogP contribution in [0.3, 0.4) is 0 Å². The van der Waals surface area contributed by atoms with Crippen LogP contribution < -0.4 is 10.0 Å². The largest absolute Gasteiger partial charge is 0.317 e. The molecule has 1 aromatic rings. The second kappa shape index (κ2) is 8.35. The van der Waals surface area contributed by atoms with Crippen LogP contribution in [0.4, 0.5) is 0 Å². The summed E-state index contributed by atoms with van der Waals surface area (Å²) in [7, 11) is -1.84. The number of H-pyrrole nitrogens is 1. The second-order valence-electron chi connectivity index (χ2n) is 4.77. The topological polar surface area (TPSA) is 90.1 Å². The summed E-state index contributed by atoms with van der Waals surface area (Å²) in [6.45, 7) is 6.51. The summed E-state index contributed by atoms with van der Waals surface area (Å²) in [5.41, 5.74) is 1.73. The van der Waals surface area contributed by atoms with Gasteiger partial charge in [0.15, 0.2) is 0 Å². The Labute approximate surface area is 121 Å². The second-order valence-corrected chi connectivity index (χ2v) is 6.63. The smallest absolute Gasteiger partial charge is 0.279 e. The average Bonchev–Trinajstić information content (AvgIpc) is 2.81. The van der Waals surface area contributed by atoms with Gasteiger partial charge in [0.2, 0.25) is 0 Å². The molecule has 0 saturated carbocycles. The number of nitrogens with zero attached hydrogens (tertiary/aromatic N) is 2. The number of hydrogen-bond donors (Lipinski definition) is 3. The van der Waals surface area contributed by atoms with Gasteiger partial charge >= 0.3 is 0 Å². The Morgan fingerprint density at radius 1 is 1.40 bits per heavy atom. The molecule has 0 fully saturated rings. The first-order chi connectivity index (χ1) is 9.47. The van der Waals surface area contributed by atoms with Gasteiger partial charge in [-0.15, -0.1) is 0 Å². The number of aromatic amines is 1. The summed E-state index contributed by atoms with van der Waals surface area (Å²) < 4.78 is 28.0. The lowest BCUT2D eigenvalue weighted by Crippen LogP contribution is -2.39. The zero-order valence-corrected chi connectivity index (χ0v) is 13.3. The Bertz CT molecular complexity index is 486. The van der Waals surface area contributed by atoms with E-state index in [0.717, 1.165) is 37.2 Å². The molecule has 0 atom stereocenters. The van der Waals surface area contributed by atoms with Crippen molar-refractivity contribution in [2.45, 2.75) is 33.2 Å². The highest BCUT2D eigenvalue weighted by Gasteiger charge is 2.17. The Morgan fingerprint density at radius 3 is 2.75 bits per heavy atom. The van der Waals surface area contributed by atoms with Gasteiger partial charge in [-0.1, -0.05) is 6.92 Å². The molecule has 0 saturated heterocycles. The fourth-order valence-corrected chi connectivity index (χ4v) is 2.61. The van der Waals surface area contributed by atoms with E-state index in [9.17, 15) is 8.42 Å². The van der Waals surface area contributed by atoms with Gasteiger partial charge in [-0.3, -0.25) is 5.10 Å². The lowest BCUT2D eigenvalue weighted by Gasteiger charge is -2.17. The number of hydrogen-bond acceptors (Lipinski definition) is 4. The lowest BCUT2D eigenvalue weighted by atomic mass is 10.3. The van der Waals surface area contributed by atoms with E-state index < -0.39 is 10.2 Å². The molecule has 0 aromatic carbocycles. The third-order valence-electron chi connectivity index (χ3n) is 3.04. The zero-order chi connectivity index (χ0) is 15.0.